The molecule has 0 aromatic rings. The molecular formula is C43H81NO4. The Morgan fingerprint density at radius 3 is 1.27 bits per heavy atom. The molecule has 0 heterocycles. The van der Waals surface area contributed by atoms with Crippen LogP contribution in [-0.2, 0) is 4.79 Å². The molecule has 5 nitrogen and oxygen atoms in total. The van der Waals surface area contributed by atoms with Crippen LogP contribution in [0, 0.1) is 0 Å². The van der Waals surface area contributed by atoms with E-state index in [9.17, 15) is 20.1 Å². The highest BCUT2D eigenvalue weighted by atomic mass is 16.3. The Kier molecular flexibility index (Phi) is 37.2. The first kappa shape index (κ1) is 46.6. The lowest BCUT2D eigenvalue weighted by molar-refractivity contribution is -0.124. The van der Waals surface area contributed by atoms with E-state index in [0.29, 0.717) is 12.8 Å². The Morgan fingerprint density at radius 1 is 0.500 bits per heavy atom. The predicted octanol–water partition coefficient (Wildman–Crippen LogP) is 11.6. The molecule has 0 saturated heterocycles. The lowest BCUT2D eigenvalue weighted by Crippen LogP contribution is -2.50. The number of nitrogens with one attached hydrogen (secondary N) is 1. The quantitative estimate of drug-likeness (QED) is 0.0390. The molecule has 3 atom stereocenters. The van der Waals surface area contributed by atoms with Crippen LogP contribution in [-0.4, -0.2) is 46.1 Å². The number of carbonyl (C=O) groups excluding carboxylic acids is 1. The first-order valence-corrected chi connectivity index (χ1v) is 20.8. The molecule has 5 heteroatoms. The lowest BCUT2D eigenvalue weighted by Gasteiger charge is -2.26. The molecule has 0 radical (unpaired) electrons. The molecule has 0 spiro atoms. The molecule has 4 N–H and O–H groups in total. The van der Waals surface area contributed by atoms with Crippen molar-refractivity contribution in [3.63, 3.8) is 0 Å². The molecule has 0 aliphatic heterocycles. The van der Waals surface area contributed by atoms with Gasteiger partial charge in [0.05, 0.1) is 18.8 Å². The van der Waals surface area contributed by atoms with Crippen molar-refractivity contribution in [3.8, 4) is 0 Å². The molecule has 0 rings (SSSR count). The third-order valence-corrected chi connectivity index (χ3v) is 9.44. The second kappa shape index (κ2) is 38.4. The number of aliphatic hydroxyl groups excluding tert-OH is 3. The smallest absolute Gasteiger partial charge is 0.220 e. The SMILES string of the molecule is CCCCCCC/C=C/CC/C=C/CCCC(O)C(O)C(CO)NC(=O)CCCCCCCCC/C=C\CCCCCCCCCCC. The second-order valence-corrected chi connectivity index (χ2v) is 14.2. The maximum Gasteiger partial charge on any atom is 0.220 e. The molecule has 0 fully saturated rings. The van der Waals surface area contributed by atoms with Crippen molar-refractivity contribution in [1.82, 2.24) is 5.32 Å². The highest BCUT2D eigenvalue weighted by molar-refractivity contribution is 5.76. The van der Waals surface area contributed by atoms with Crippen LogP contribution in [0.2, 0.25) is 0 Å². The normalized spacial score (nSPS) is 14.0. The minimum Gasteiger partial charge on any atom is -0.394 e. The minimum absolute atomic E-state index is 0.164. The maximum absolute atomic E-state index is 12.4. The molecule has 1 amide bonds. The number of hydrogen-bond acceptors (Lipinski definition) is 4. The fourth-order valence-corrected chi connectivity index (χ4v) is 6.17. The average molecular weight is 676 g/mol. The monoisotopic (exact) mass is 676 g/mol. The fraction of sp³-hybridized carbons (Fsp3) is 0.837. The van der Waals surface area contributed by atoms with Crippen molar-refractivity contribution < 1.29 is 20.1 Å². The number of carbonyl (C=O) groups is 1. The summed E-state index contributed by atoms with van der Waals surface area (Å²) in [6.45, 7) is 4.14. The van der Waals surface area contributed by atoms with Gasteiger partial charge in [0.1, 0.15) is 6.10 Å². The van der Waals surface area contributed by atoms with Crippen molar-refractivity contribution in [3.05, 3.63) is 36.5 Å². The molecule has 3 unspecified atom stereocenters. The zero-order chi connectivity index (χ0) is 35.2. The van der Waals surface area contributed by atoms with E-state index < -0.39 is 18.2 Å². The molecule has 282 valence electrons. The van der Waals surface area contributed by atoms with Crippen LogP contribution in [0.1, 0.15) is 206 Å². The van der Waals surface area contributed by atoms with E-state index in [1.54, 1.807) is 0 Å². The zero-order valence-corrected chi connectivity index (χ0v) is 31.9. The topological polar surface area (TPSA) is 89.8 Å². The van der Waals surface area contributed by atoms with Crippen LogP contribution < -0.4 is 5.32 Å². The predicted molar refractivity (Wildman–Crippen MR) is 208 cm³/mol. The first-order valence-electron chi connectivity index (χ1n) is 20.8. The van der Waals surface area contributed by atoms with Crippen molar-refractivity contribution >= 4 is 5.91 Å². The summed E-state index contributed by atoms with van der Waals surface area (Å²) in [5.74, 6) is -0.164. The van der Waals surface area contributed by atoms with Crippen LogP contribution >= 0.6 is 0 Å². The van der Waals surface area contributed by atoms with Gasteiger partial charge in [-0.3, -0.25) is 4.79 Å². The van der Waals surface area contributed by atoms with Crippen molar-refractivity contribution in [2.24, 2.45) is 0 Å². The molecule has 48 heavy (non-hydrogen) atoms. The maximum atomic E-state index is 12.4. The largest absolute Gasteiger partial charge is 0.394 e. The minimum atomic E-state index is -1.17. The number of hydrogen-bond donors (Lipinski definition) is 4. The summed E-state index contributed by atoms with van der Waals surface area (Å²) in [6.07, 6.45) is 46.7. The van der Waals surface area contributed by atoms with Gasteiger partial charge in [0, 0.05) is 6.42 Å². The van der Waals surface area contributed by atoms with E-state index in [0.717, 1.165) is 44.9 Å². The number of rotatable bonds is 37. The molecule has 0 saturated carbocycles. The Morgan fingerprint density at radius 2 is 0.854 bits per heavy atom. The summed E-state index contributed by atoms with van der Waals surface area (Å²) in [5.41, 5.74) is 0. The number of unbranched alkanes of at least 4 members (excludes halogenated alkanes) is 23. The van der Waals surface area contributed by atoms with Gasteiger partial charge in [0.15, 0.2) is 0 Å². The third kappa shape index (κ3) is 33.1. The van der Waals surface area contributed by atoms with E-state index in [2.05, 4.69) is 55.6 Å². The number of allylic oxidation sites excluding steroid dienone is 6. The zero-order valence-electron chi connectivity index (χ0n) is 31.9. The summed E-state index contributed by atoms with van der Waals surface area (Å²) >= 11 is 0. The van der Waals surface area contributed by atoms with Crippen LogP contribution in [0.15, 0.2) is 36.5 Å². The highest BCUT2D eigenvalue weighted by Crippen LogP contribution is 2.14. The fourth-order valence-electron chi connectivity index (χ4n) is 6.17. The Labute approximate surface area is 298 Å². The van der Waals surface area contributed by atoms with E-state index in [-0.39, 0.29) is 12.5 Å². The van der Waals surface area contributed by atoms with E-state index in [4.69, 9.17) is 0 Å². The molecule has 0 aliphatic rings. The van der Waals surface area contributed by atoms with Crippen molar-refractivity contribution in [2.75, 3.05) is 6.61 Å². The first-order chi connectivity index (χ1) is 23.6. The number of amides is 1. The Balaban J connectivity index is 3.70. The van der Waals surface area contributed by atoms with Crippen LogP contribution in [0.4, 0.5) is 0 Å². The van der Waals surface area contributed by atoms with Gasteiger partial charge >= 0.3 is 0 Å². The second-order valence-electron chi connectivity index (χ2n) is 14.2. The molecule has 0 aromatic carbocycles. The highest BCUT2D eigenvalue weighted by Gasteiger charge is 2.26. The third-order valence-electron chi connectivity index (χ3n) is 9.44. The van der Waals surface area contributed by atoms with Gasteiger partial charge in [-0.1, -0.05) is 159 Å². The van der Waals surface area contributed by atoms with Gasteiger partial charge in [-0.2, -0.15) is 0 Å². The number of aliphatic hydroxyl groups is 3. The van der Waals surface area contributed by atoms with Crippen LogP contribution in [0.5, 0.6) is 0 Å². The molecular weight excluding hydrogens is 594 g/mol. The van der Waals surface area contributed by atoms with E-state index in [1.807, 2.05) is 0 Å². The van der Waals surface area contributed by atoms with Gasteiger partial charge in [-0.05, 0) is 77.0 Å². The van der Waals surface area contributed by atoms with E-state index >= 15 is 0 Å². The lowest BCUT2D eigenvalue weighted by atomic mass is 10.0. The van der Waals surface area contributed by atoms with Gasteiger partial charge < -0.3 is 20.6 Å². The van der Waals surface area contributed by atoms with Gasteiger partial charge in [-0.25, -0.2) is 0 Å². The molecule has 0 aliphatic carbocycles. The van der Waals surface area contributed by atoms with Gasteiger partial charge in [-0.15, -0.1) is 0 Å². The summed E-state index contributed by atoms with van der Waals surface area (Å²) in [7, 11) is 0. The Bertz CT molecular complexity index is 749. The summed E-state index contributed by atoms with van der Waals surface area (Å²) in [4.78, 5) is 12.4. The summed E-state index contributed by atoms with van der Waals surface area (Å²) in [5, 5.41) is 33.4. The van der Waals surface area contributed by atoms with Crippen LogP contribution in [0.25, 0.3) is 0 Å². The average Bonchev–Trinajstić information content (AvgIpc) is 3.09. The van der Waals surface area contributed by atoms with Crippen molar-refractivity contribution in [2.45, 2.75) is 225 Å². The Hall–Kier alpha value is -1.43. The van der Waals surface area contributed by atoms with E-state index in [1.165, 1.54) is 135 Å². The van der Waals surface area contributed by atoms with Crippen LogP contribution in [0.3, 0.4) is 0 Å². The molecule has 0 bridgehead atoms. The van der Waals surface area contributed by atoms with Crippen molar-refractivity contribution in [1.29, 1.82) is 0 Å². The summed E-state index contributed by atoms with van der Waals surface area (Å²) < 4.78 is 0. The summed E-state index contributed by atoms with van der Waals surface area (Å²) in [6, 6.07) is -0.833. The standard InChI is InChI=1S/C43H81NO4/c1-3-5-7-9-11-13-15-17-19-20-21-22-23-24-26-28-30-32-34-36-38-42(47)44-40(39-45)43(48)41(46)37-35-33-31-29-27-25-18-16-14-12-10-8-6-4-2/h16,18,21-22,29,31,40-41,43,45-46,48H,3-15,17,19-20,23-28,30,32-39H2,1-2H3,(H,44,47)/b18-16+,22-21-,31-29+. The van der Waals surface area contributed by atoms with Gasteiger partial charge in [0.25, 0.3) is 0 Å². The molecule has 0 aromatic heterocycles. The van der Waals surface area contributed by atoms with Gasteiger partial charge in [0.2, 0.25) is 5.91 Å².